The lowest BCUT2D eigenvalue weighted by Gasteiger charge is -2.15. The number of fused-ring (bicyclic) bond motifs is 1. The smallest absolute Gasteiger partial charge is 0.260 e. The van der Waals surface area contributed by atoms with Gasteiger partial charge in [-0.05, 0) is 12.1 Å². The number of rotatable bonds is 2. The fourth-order valence-corrected chi connectivity index (χ4v) is 2.77. The van der Waals surface area contributed by atoms with Crippen molar-refractivity contribution in [2.75, 3.05) is 11.9 Å². The molecule has 3 aromatic rings. The van der Waals surface area contributed by atoms with Crippen LogP contribution in [-0.2, 0) is 0 Å². The molecule has 3 aromatic heterocycles. The standard InChI is InChI=1S/C13H10N4O2S/c1-17(8-3-2-4-14-5-8)13(19)9-6-20-12-10(9)11(18)15-7-16-12/h2-7H,1H3,(H,15,16,18). The van der Waals surface area contributed by atoms with Crippen LogP contribution in [0.2, 0.25) is 0 Å². The minimum atomic E-state index is -0.306. The van der Waals surface area contributed by atoms with Crippen molar-refractivity contribution in [3.05, 3.63) is 52.2 Å². The average Bonchev–Trinajstić information content (AvgIpc) is 2.92. The van der Waals surface area contributed by atoms with E-state index in [1.54, 1.807) is 37.0 Å². The maximum atomic E-state index is 12.5. The van der Waals surface area contributed by atoms with Gasteiger partial charge in [-0.3, -0.25) is 14.6 Å². The summed E-state index contributed by atoms with van der Waals surface area (Å²) in [7, 11) is 1.65. The third-order valence-electron chi connectivity index (χ3n) is 2.94. The highest BCUT2D eigenvalue weighted by Gasteiger charge is 2.20. The number of carbonyl (C=O) groups excluding carboxylic acids is 1. The number of nitrogens with one attached hydrogen (secondary N) is 1. The average molecular weight is 286 g/mol. The first-order valence-corrected chi connectivity index (χ1v) is 6.69. The first kappa shape index (κ1) is 12.5. The Morgan fingerprint density at radius 3 is 3.05 bits per heavy atom. The summed E-state index contributed by atoms with van der Waals surface area (Å²) in [5.74, 6) is -0.261. The lowest BCUT2D eigenvalue weighted by molar-refractivity contribution is 0.0995. The van der Waals surface area contributed by atoms with Gasteiger partial charge in [0.15, 0.2) is 0 Å². The van der Waals surface area contributed by atoms with Crippen molar-refractivity contribution >= 4 is 33.1 Å². The van der Waals surface area contributed by atoms with Crippen LogP contribution < -0.4 is 10.5 Å². The number of pyridine rings is 1. The van der Waals surface area contributed by atoms with Crippen molar-refractivity contribution in [2.24, 2.45) is 0 Å². The van der Waals surface area contributed by atoms with Gasteiger partial charge in [-0.2, -0.15) is 0 Å². The van der Waals surface area contributed by atoms with E-state index in [1.807, 2.05) is 0 Å². The SMILES string of the molecule is CN(C(=O)c1csc2nc[nH]c(=O)c12)c1cccnc1. The van der Waals surface area contributed by atoms with Gasteiger partial charge in [0, 0.05) is 18.6 Å². The molecule has 0 aliphatic rings. The van der Waals surface area contributed by atoms with Crippen molar-refractivity contribution in [3.8, 4) is 0 Å². The summed E-state index contributed by atoms with van der Waals surface area (Å²) in [5.41, 5.74) is 0.710. The summed E-state index contributed by atoms with van der Waals surface area (Å²) in [6.45, 7) is 0. The first-order valence-electron chi connectivity index (χ1n) is 5.81. The number of hydrogen-bond acceptors (Lipinski definition) is 5. The normalized spacial score (nSPS) is 10.7. The van der Waals surface area contributed by atoms with Crippen LogP contribution in [0.15, 0.2) is 41.0 Å². The van der Waals surface area contributed by atoms with Crippen molar-refractivity contribution in [2.45, 2.75) is 0 Å². The van der Waals surface area contributed by atoms with Gasteiger partial charge in [0.25, 0.3) is 11.5 Å². The molecular formula is C13H10N4O2S. The van der Waals surface area contributed by atoms with E-state index in [0.29, 0.717) is 21.5 Å². The van der Waals surface area contributed by atoms with Crippen LogP contribution in [0.5, 0.6) is 0 Å². The number of amides is 1. The van der Waals surface area contributed by atoms with E-state index in [2.05, 4.69) is 15.0 Å². The molecule has 0 saturated carbocycles. The minimum Gasteiger partial charge on any atom is -0.313 e. The molecular weight excluding hydrogens is 276 g/mol. The predicted octanol–water partition coefficient (Wildman–Crippen LogP) is 1.66. The maximum absolute atomic E-state index is 12.5. The molecule has 0 fully saturated rings. The molecule has 0 spiro atoms. The number of H-pyrrole nitrogens is 1. The molecule has 6 nitrogen and oxygen atoms in total. The molecule has 0 bridgehead atoms. The van der Waals surface area contributed by atoms with Crippen LogP contribution >= 0.6 is 11.3 Å². The predicted molar refractivity (Wildman–Crippen MR) is 77.2 cm³/mol. The third-order valence-corrected chi connectivity index (χ3v) is 3.83. The molecule has 0 aliphatic carbocycles. The van der Waals surface area contributed by atoms with Crippen molar-refractivity contribution in [3.63, 3.8) is 0 Å². The molecule has 0 unspecified atom stereocenters. The van der Waals surface area contributed by atoms with E-state index in [-0.39, 0.29) is 11.5 Å². The van der Waals surface area contributed by atoms with E-state index in [4.69, 9.17) is 0 Å². The molecule has 0 aliphatic heterocycles. The molecule has 100 valence electrons. The van der Waals surface area contributed by atoms with E-state index in [9.17, 15) is 9.59 Å². The summed E-state index contributed by atoms with van der Waals surface area (Å²) >= 11 is 1.27. The number of aromatic nitrogens is 3. The molecule has 20 heavy (non-hydrogen) atoms. The number of aromatic amines is 1. The van der Waals surface area contributed by atoms with Gasteiger partial charge in [-0.15, -0.1) is 11.3 Å². The Kier molecular flexibility index (Phi) is 3.03. The summed E-state index contributed by atoms with van der Waals surface area (Å²) in [6.07, 6.45) is 4.56. The molecule has 3 rings (SSSR count). The highest BCUT2D eigenvalue weighted by atomic mass is 32.1. The van der Waals surface area contributed by atoms with Crippen LogP contribution in [-0.4, -0.2) is 27.9 Å². The molecule has 0 atom stereocenters. The Morgan fingerprint density at radius 1 is 1.45 bits per heavy atom. The summed E-state index contributed by atoms with van der Waals surface area (Å²) in [5, 5.41) is 1.99. The highest BCUT2D eigenvalue weighted by Crippen LogP contribution is 2.23. The Balaban J connectivity index is 2.08. The van der Waals surface area contributed by atoms with Gasteiger partial charge in [-0.1, -0.05) is 0 Å². The lowest BCUT2D eigenvalue weighted by atomic mass is 10.2. The summed E-state index contributed by atoms with van der Waals surface area (Å²) in [6, 6.07) is 3.53. The number of hydrogen-bond donors (Lipinski definition) is 1. The van der Waals surface area contributed by atoms with Gasteiger partial charge in [0.1, 0.15) is 4.83 Å². The van der Waals surface area contributed by atoms with Crippen LogP contribution in [0.4, 0.5) is 5.69 Å². The van der Waals surface area contributed by atoms with Crippen LogP contribution in [0.1, 0.15) is 10.4 Å². The monoisotopic (exact) mass is 286 g/mol. The second-order valence-electron chi connectivity index (χ2n) is 4.14. The highest BCUT2D eigenvalue weighted by molar-refractivity contribution is 7.17. The van der Waals surface area contributed by atoms with Crippen LogP contribution in [0.3, 0.4) is 0 Å². The van der Waals surface area contributed by atoms with E-state index in [1.165, 1.54) is 22.6 Å². The fraction of sp³-hybridized carbons (Fsp3) is 0.0769. The van der Waals surface area contributed by atoms with Gasteiger partial charge >= 0.3 is 0 Å². The summed E-state index contributed by atoms with van der Waals surface area (Å²) < 4.78 is 0. The van der Waals surface area contributed by atoms with E-state index < -0.39 is 0 Å². The molecule has 0 aromatic carbocycles. The largest absolute Gasteiger partial charge is 0.313 e. The quantitative estimate of drug-likeness (QED) is 0.777. The second kappa shape index (κ2) is 4.86. The lowest BCUT2D eigenvalue weighted by Crippen LogP contribution is -2.27. The van der Waals surface area contributed by atoms with E-state index in [0.717, 1.165) is 0 Å². The van der Waals surface area contributed by atoms with Crippen molar-refractivity contribution in [1.82, 2.24) is 15.0 Å². The molecule has 0 saturated heterocycles. The topological polar surface area (TPSA) is 79.0 Å². The van der Waals surface area contributed by atoms with Crippen molar-refractivity contribution < 1.29 is 4.79 Å². The molecule has 1 N–H and O–H groups in total. The van der Waals surface area contributed by atoms with Gasteiger partial charge in [-0.25, -0.2) is 4.98 Å². The summed E-state index contributed by atoms with van der Waals surface area (Å²) in [4.78, 5) is 36.9. The molecule has 3 heterocycles. The number of carbonyl (C=O) groups is 1. The minimum absolute atomic E-state index is 0.261. The molecule has 0 radical (unpaired) electrons. The van der Waals surface area contributed by atoms with Crippen LogP contribution in [0.25, 0.3) is 10.2 Å². The zero-order valence-electron chi connectivity index (χ0n) is 10.5. The second-order valence-corrected chi connectivity index (χ2v) is 4.99. The zero-order valence-corrected chi connectivity index (χ0v) is 11.3. The Morgan fingerprint density at radius 2 is 2.30 bits per heavy atom. The molecule has 7 heteroatoms. The Bertz CT molecular complexity index is 825. The Hall–Kier alpha value is -2.54. The Labute approximate surface area is 117 Å². The van der Waals surface area contributed by atoms with Gasteiger partial charge in [0.05, 0.1) is 29.2 Å². The zero-order chi connectivity index (χ0) is 14.1. The number of nitrogens with zero attached hydrogens (tertiary/aromatic N) is 3. The maximum Gasteiger partial charge on any atom is 0.260 e. The van der Waals surface area contributed by atoms with Gasteiger partial charge < -0.3 is 9.88 Å². The fourth-order valence-electron chi connectivity index (χ4n) is 1.89. The molecule has 1 amide bonds. The first-order chi connectivity index (χ1) is 9.68. The van der Waals surface area contributed by atoms with Gasteiger partial charge in [0.2, 0.25) is 0 Å². The van der Waals surface area contributed by atoms with Crippen molar-refractivity contribution in [1.29, 1.82) is 0 Å². The number of thiophene rings is 1. The van der Waals surface area contributed by atoms with E-state index >= 15 is 0 Å². The number of anilines is 1. The third kappa shape index (κ3) is 1.97. The van der Waals surface area contributed by atoms with Crippen LogP contribution in [0, 0.1) is 0 Å².